The Balaban J connectivity index is 1.94. The highest BCUT2D eigenvalue weighted by Gasteiger charge is 2.14. The molecule has 0 radical (unpaired) electrons. The van der Waals surface area contributed by atoms with Crippen molar-refractivity contribution in [2.24, 2.45) is 0 Å². The van der Waals surface area contributed by atoms with Gasteiger partial charge in [0.1, 0.15) is 5.82 Å². The van der Waals surface area contributed by atoms with Crippen LogP contribution in [-0.2, 0) is 0 Å². The first kappa shape index (κ1) is 14.5. The maximum atomic E-state index is 13.8. The molecule has 0 saturated carbocycles. The fraction of sp³-hybridized carbons (Fsp3) is 0. The van der Waals surface area contributed by atoms with Gasteiger partial charge < -0.3 is 9.88 Å². The molecule has 0 fully saturated rings. The predicted molar refractivity (Wildman–Crippen MR) is 85.6 cm³/mol. The molecule has 6 heteroatoms. The van der Waals surface area contributed by atoms with Crippen LogP contribution in [0.15, 0.2) is 65.7 Å². The van der Waals surface area contributed by atoms with E-state index in [1.807, 2.05) is 12.1 Å². The van der Waals surface area contributed by atoms with Crippen molar-refractivity contribution >= 4 is 27.5 Å². The van der Waals surface area contributed by atoms with Gasteiger partial charge in [-0.3, -0.25) is 4.79 Å². The molecule has 2 aromatic carbocycles. The molecular formula is C16H11BrFN3O. The molecule has 110 valence electrons. The Morgan fingerprint density at radius 2 is 2.05 bits per heavy atom. The Morgan fingerprint density at radius 3 is 2.82 bits per heavy atom. The molecule has 0 bridgehead atoms. The number of aromatic nitrogens is 2. The van der Waals surface area contributed by atoms with E-state index in [1.165, 1.54) is 12.1 Å². The number of para-hydroxylation sites is 2. The van der Waals surface area contributed by atoms with Crippen LogP contribution in [0, 0.1) is 5.82 Å². The number of halogens is 2. The third kappa shape index (κ3) is 2.92. The SMILES string of the molecule is O=C(Nc1ccccc1-n1ccnc1)c1cc(Br)ccc1F. The zero-order chi connectivity index (χ0) is 15.5. The number of nitrogens with one attached hydrogen (secondary N) is 1. The summed E-state index contributed by atoms with van der Waals surface area (Å²) in [5.74, 6) is -1.08. The number of amides is 1. The molecule has 0 aliphatic rings. The maximum absolute atomic E-state index is 13.8. The molecule has 3 aromatic rings. The lowest BCUT2D eigenvalue weighted by molar-refractivity contribution is 0.102. The van der Waals surface area contributed by atoms with Crippen LogP contribution in [0.25, 0.3) is 5.69 Å². The van der Waals surface area contributed by atoms with Gasteiger partial charge >= 0.3 is 0 Å². The van der Waals surface area contributed by atoms with E-state index in [0.29, 0.717) is 10.2 Å². The third-order valence-corrected chi connectivity index (χ3v) is 3.60. The van der Waals surface area contributed by atoms with E-state index in [-0.39, 0.29) is 5.56 Å². The van der Waals surface area contributed by atoms with Gasteiger partial charge in [-0.05, 0) is 30.3 Å². The van der Waals surface area contributed by atoms with Crippen LogP contribution in [0.2, 0.25) is 0 Å². The molecule has 1 N–H and O–H groups in total. The summed E-state index contributed by atoms with van der Waals surface area (Å²) in [5, 5.41) is 2.73. The number of carbonyl (C=O) groups excluding carboxylic acids is 1. The summed E-state index contributed by atoms with van der Waals surface area (Å²) in [4.78, 5) is 16.3. The summed E-state index contributed by atoms with van der Waals surface area (Å²) in [7, 11) is 0. The molecule has 1 aromatic heterocycles. The van der Waals surface area contributed by atoms with Crippen LogP contribution in [-0.4, -0.2) is 15.5 Å². The number of rotatable bonds is 3. The second kappa shape index (κ2) is 6.11. The van der Waals surface area contributed by atoms with Crippen molar-refractivity contribution in [1.29, 1.82) is 0 Å². The van der Waals surface area contributed by atoms with E-state index in [0.717, 1.165) is 5.69 Å². The smallest absolute Gasteiger partial charge is 0.258 e. The Kier molecular flexibility index (Phi) is 4.02. The minimum Gasteiger partial charge on any atom is -0.320 e. The first-order valence-electron chi connectivity index (χ1n) is 6.49. The summed E-state index contributed by atoms with van der Waals surface area (Å²) in [6, 6.07) is 11.5. The lowest BCUT2D eigenvalue weighted by atomic mass is 10.2. The quantitative estimate of drug-likeness (QED) is 0.767. The first-order valence-corrected chi connectivity index (χ1v) is 7.28. The third-order valence-electron chi connectivity index (χ3n) is 3.11. The van der Waals surface area contributed by atoms with Gasteiger partial charge in [0, 0.05) is 16.9 Å². The van der Waals surface area contributed by atoms with Gasteiger partial charge in [-0.1, -0.05) is 28.1 Å². The fourth-order valence-corrected chi connectivity index (χ4v) is 2.43. The van der Waals surface area contributed by atoms with Gasteiger partial charge in [-0.2, -0.15) is 0 Å². The Bertz CT molecular complexity index is 818. The fourth-order valence-electron chi connectivity index (χ4n) is 2.07. The van der Waals surface area contributed by atoms with Crippen LogP contribution >= 0.6 is 15.9 Å². The molecule has 1 heterocycles. The maximum Gasteiger partial charge on any atom is 0.258 e. The van der Waals surface area contributed by atoms with Crippen molar-refractivity contribution in [3.63, 3.8) is 0 Å². The molecule has 0 spiro atoms. The number of nitrogens with zero attached hydrogens (tertiary/aromatic N) is 2. The number of hydrogen-bond donors (Lipinski definition) is 1. The van der Waals surface area contributed by atoms with Gasteiger partial charge in [0.15, 0.2) is 0 Å². The molecule has 0 atom stereocenters. The van der Waals surface area contributed by atoms with E-state index in [2.05, 4.69) is 26.2 Å². The summed E-state index contributed by atoms with van der Waals surface area (Å²) in [6.07, 6.45) is 5.04. The number of anilines is 1. The van der Waals surface area contributed by atoms with Crippen molar-refractivity contribution in [3.05, 3.63) is 77.0 Å². The van der Waals surface area contributed by atoms with E-state index in [4.69, 9.17) is 0 Å². The molecule has 22 heavy (non-hydrogen) atoms. The highest BCUT2D eigenvalue weighted by molar-refractivity contribution is 9.10. The van der Waals surface area contributed by atoms with Gasteiger partial charge in [-0.15, -0.1) is 0 Å². The van der Waals surface area contributed by atoms with Crippen molar-refractivity contribution in [1.82, 2.24) is 9.55 Å². The zero-order valence-electron chi connectivity index (χ0n) is 11.3. The van der Waals surface area contributed by atoms with Crippen LogP contribution < -0.4 is 5.32 Å². The average molecular weight is 360 g/mol. The molecule has 0 unspecified atom stereocenters. The van der Waals surface area contributed by atoms with Crippen LogP contribution in [0.4, 0.5) is 10.1 Å². The van der Waals surface area contributed by atoms with Crippen molar-refractivity contribution in [3.8, 4) is 5.69 Å². The lowest BCUT2D eigenvalue weighted by Crippen LogP contribution is -2.15. The Morgan fingerprint density at radius 1 is 1.23 bits per heavy atom. The van der Waals surface area contributed by atoms with Crippen molar-refractivity contribution in [2.45, 2.75) is 0 Å². The Hall–Kier alpha value is -2.47. The summed E-state index contributed by atoms with van der Waals surface area (Å²) >= 11 is 3.24. The van der Waals surface area contributed by atoms with E-state index in [9.17, 15) is 9.18 Å². The van der Waals surface area contributed by atoms with Crippen molar-refractivity contribution < 1.29 is 9.18 Å². The minimum absolute atomic E-state index is 0.0187. The van der Waals surface area contributed by atoms with E-state index < -0.39 is 11.7 Å². The summed E-state index contributed by atoms with van der Waals surface area (Å²) in [6.45, 7) is 0. The normalized spacial score (nSPS) is 10.5. The first-order chi connectivity index (χ1) is 10.6. The van der Waals surface area contributed by atoms with Gasteiger partial charge in [-0.25, -0.2) is 9.37 Å². The van der Waals surface area contributed by atoms with Crippen LogP contribution in [0.5, 0.6) is 0 Å². The average Bonchev–Trinajstić information content (AvgIpc) is 3.04. The largest absolute Gasteiger partial charge is 0.320 e. The van der Waals surface area contributed by atoms with E-state index >= 15 is 0 Å². The van der Waals surface area contributed by atoms with Crippen molar-refractivity contribution in [2.75, 3.05) is 5.32 Å². The molecule has 4 nitrogen and oxygen atoms in total. The molecule has 3 rings (SSSR count). The number of hydrogen-bond acceptors (Lipinski definition) is 2. The molecular weight excluding hydrogens is 349 g/mol. The van der Waals surface area contributed by atoms with Gasteiger partial charge in [0.25, 0.3) is 5.91 Å². The molecule has 1 amide bonds. The number of imidazole rings is 1. The highest BCUT2D eigenvalue weighted by atomic mass is 79.9. The summed E-state index contributed by atoms with van der Waals surface area (Å²) < 4.78 is 16.2. The van der Waals surface area contributed by atoms with Gasteiger partial charge in [0.05, 0.1) is 23.3 Å². The topological polar surface area (TPSA) is 46.9 Å². The van der Waals surface area contributed by atoms with E-state index in [1.54, 1.807) is 41.5 Å². The number of carbonyl (C=O) groups is 1. The molecule has 0 aliphatic heterocycles. The Labute approximate surface area is 134 Å². The van der Waals surface area contributed by atoms with Crippen LogP contribution in [0.1, 0.15) is 10.4 Å². The van der Waals surface area contributed by atoms with Crippen LogP contribution in [0.3, 0.4) is 0 Å². The minimum atomic E-state index is -0.569. The molecule has 0 aliphatic carbocycles. The second-order valence-electron chi connectivity index (χ2n) is 4.57. The monoisotopic (exact) mass is 359 g/mol. The summed E-state index contributed by atoms with van der Waals surface area (Å²) in [5.41, 5.74) is 1.31. The van der Waals surface area contributed by atoms with Gasteiger partial charge in [0.2, 0.25) is 0 Å². The predicted octanol–water partition coefficient (Wildman–Crippen LogP) is 4.03. The molecule has 0 saturated heterocycles. The lowest BCUT2D eigenvalue weighted by Gasteiger charge is -2.12. The highest BCUT2D eigenvalue weighted by Crippen LogP contribution is 2.22. The standard InChI is InChI=1S/C16H11BrFN3O/c17-11-5-6-13(18)12(9-11)16(22)20-14-3-1-2-4-15(14)21-8-7-19-10-21/h1-10H,(H,20,22). The second-order valence-corrected chi connectivity index (χ2v) is 5.48. The zero-order valence-corrected chi connectivity index (χ0v) is 12.9. The number of benzene rings is 2.